The molecule has 24 heavy (non-hydrogen) atoms. The summed E-state index contributed by atoms with van der Waals surface area (Å²) >= 11 is 0. The largest absolute Gasteiger partial charge is 0.374 e. The van der Waals surface area contributed by atoms with E-state index in [1.54, 1.807) is 0 Å². The number of unbranched alkanes of at least 4 members (excludes halogenated alkanes) is 13. The van der Waals surface area contributed by atoms with Gasteiger partial charge < -0.3 is 9.30 Å². The molecular formula is C21H40N2O. The van der Waals surface area contributed by atoms with Crippen LogP contribution < -0.4 is 0 Å². The van der Waals surface area contributed by atoms with Crippen molar-refractivity contribution in [1.82, 2.24) is 9.55 Å². The van der Waals surface area contributed by atoms with Crippen LogP contribution in [0.1, 0.15) is 103 Å². The number of hydrogen-bond donors (Lipinski definition) is 0. The molecule has 3 nitrogen and oxygen atoms in total. The van der Waals surface area contributed by atoms with Gasteiger partial charge in [0.05, 0.1) is 0 Å². The van der Waals surface area contributed by atoms with E-state index in [1.165, 1.54) is 89.9 Å². The van der Waals surface area contributed by atoms with Crippen LogP contribution in [0.15, 0.2) is 12.4 Å². The summed E-state index contributed by atoms with van der Waals surface area (Å²) < 4.78 is 7.70. The third-order valence-corrected chi connectivity index (χ3v) is 4.79. The van der Waals surface area contributed by atoms with Crippen molar-refractivity contribution in [2.24, 2.45) is 7.05 Å². The lowest BCUT2D eigenvalue weighted by molar-refractivity contribution is 0.109. The van der Waals surface area contributed by atoms with Crippen LogP contribution >= 0.6 is 0 Å². The zero-order chi connectivity index (χ0) is 17.3. The van der Waals surface area contributed by atoms with Gasteiger partial charge in [-0.3, -0.25) is 0 Å². The average Bonchev–Trinajstić information content (AvgIpc) is 2.99. The summed E-state index contributed by atoms with van der Waals surface area (Å²) in [5, 5.41) is 0. The van der Waals surface area contributed by atoms with Crippen LogP contribution in [0.4, 0.5) is 0 Å². The van der Waals surface area contributed by atoms with Gasteiger partial charge in [0.2, 0.25) is 0 Å². The van der Waals surface area contributed by atoms with E-state index in [9.17, 15) is 0 Å². The van der Waals surface area contributed by atoms with E-state index in [-0.39, 0.29) is 0 Å². The highest BCUT2D eigenvalue weighted by molar-refractivity contribution is 4.88. The van der Waals surface area contributed by atoms with Crippen molar-refractivity contribution >= 4 is 0 Å². The van der Waals surface area contributed by atoms with Crippen molar-refractivity contribution < 1.29 is 4.74 Å². The number of nitrogens with zero attached hydrogens (tertiary/aromatic N) is 2. The summed E-state index contributed by atoms with van der Waals surface area (Å²) in [5.41, 5.74) is 0. The second-order valence-corrected chi connectivity index (χ2v) is 7.10. The van der Waals surface area contributed by atoms with Gasteiger partial charge >= 0.3 is 0 Å². The summed E-state index contributed by atoms with van der Waals surface area (Å²) in [4.78, 5) is 4.26. The molecule has 0 aromatic carbocycles. The van der Waals surface area contributed by atoms with Gasteiger partial charge in [0, 0.05) is 26.0 Å². The van der Waals surface area contributed by atoms with Crippen LogP contribution in [-0.2, 0) is 18.4 Å². The molecule has 1 heterocycles. The standard InChI is InChI=1S/C21H40N2O/c1-3-4-5-6-7-8-9-10-11-12-13-14-15-16-19-24-20-21-22-17-18-23(21)2/h17-18H,3-16,19-20H2,1-2H3. The summed E-state index contributed by atoms with van der Waals surface area (Å²) in [7, 11) is 2.01. The molecule has 0 saturated carbocycles. The lowest BCUT2D eigenvalue weighted by Gasteiger charge is -2.05. The highest BCUT2D eigenvalue weighted by Crippen LogP contribution is 2.13. The maximum Gasteiger partial charge on any atom is 0.134 e. The lowest BCUT2D eigenvalue weighted by atomic mass is 10.0. The molecule has 0 bridgehead atoms. The van der Waals surface area contributed by atoms with E-state index in [0.717, 1.165) is 12.4 Å². The Kier molecular flexibility index (Phi) is 13.9. The Morgan fingerprint density at radius 1 is 0.792 bits per heavy atom. The molecule has 0 aliphatic carbocycles. The van der Waals surface area contributed by atoms with Gasteiger partial charge in [-0.2, -0.15) is 0 Å². The van der Waals surface area contributed by atoms with E-state index >= 15 is 0 Å². The van der Waals surface area contributed by atoms with Gasteiger partial charge in [-0.25, -0.2) is 4.98 Å². The number of ether oxygens (including phenoxy) is 1. The summed E-state index contributed by atoms with van der Waals surface area (Å²) in [6.07, 6.45) is 23.4. The first-order valence-corrected chi connectivity index (χ1v) is 10.4. The molecule has 0 N–H and O–H groups in total. The average molecular weight is 337 g/mol. The van der Waals surface area contributed by atoms with Crippen LogP contribution in [-0.4, -0.2) is 16.2 Å². The predicted molar refractivity (Wildman–Crippen MR) is 103 cm³/mol. The smallest absolute Gasteiger partial charge is 0.134 e. The molecule has 0 amide bonds. The number of aryl methyl sites for hydroxylation is 1. The molecule has 3 heteroatoms. The van der Waals surface area contributed by atoms with Gasteiger partial charge in [-0.05, 0) is 6.42 Å². The Morgan fingerprint density at radius 2 is 1.29 bits per heavy atom. The minimum Gasteiger partial charge on any atom is -0.374 e. The minimum absolute atomic E-state index is 0.641. The molecule has 0 spiro atoms. The van der Waals surface area contributed by atoms with Crippen LogP contribution in [0.2, 0.25) is 0 Å². The number of aromatic nitrogens is 2. The molecular weight excluding hydrogens is 296 g/mol. The van der Waals surface area contributed by atoms with Gasteiger partial charge in [0.15, 0.2) is 0 Å². The highest BCUT2D eigenvalue weighted by Gasteiger charge is 1.98. The maximum atomic E-state index is 5.68. The van der Waals surface area contributed by atoms with Crippen LogP contribution in [0.25, 0.3) is 0 Å². The fraction of sp³-hybridized carbons (Fsp3) is 0.857. The monoisotopic (exact) mass is 336 g/mol. The number of hydrogen-bond acceptors (Lipinski definition) is 2. The van der Waals surface area contributed by atoms with Crippen LogP contribution in [0.3, 0.4) is 0 Å². The fourth-order valence-electron chi connectivity index (χ4n) is 3.10. The first-order valence-electron chi connectivity index (χ1n) is 10.4. The Hall–Kier alpha value is -0.830. The zero-order valence-electron chi connectivity index (χ0n) is 16.3. The SMILES string of the molecule is CCCCCCCCCCCCCCCCOCc1nccn1C. The van der Waals surface area contributed by atoms with E-state index < -0.39 is 0 Å². The van der Waals surface area contributed by atoms with Crippen LogP contribution in [0, 0.1) is 0 Å². The van der Waals surface area contributed by atoms with Gasteiger partial charge in [-0.1, -0.05) is 90.4 Å². The Morgan fingerprint density at radius 3 is 1.75 bits per heavy atom. The summed E-state index contributed by atoms with van der Waals surface area (Å²) in [6.45, 7) is 3.79. The van der Waals surface area contributed by atoms with Crippen molar-refractivity contribution in [3.8, 4) is 0 Å². The number of rotatable bonds is 17. The molecule has 1 aromatic heterocycles. The molecule has 0 fully saturated rings. The molecule has 0 unspecified atom stereocenters. The maximum absolute atomic E-state index is 5.68. The van der Waals surface area contributed by atoms with Crippen LogP contribution in [0.5, 0.6) is 0 Å². The molecule has 140 valence electrons. The first kappa shape index (κ1) is 21.2. The first-order chi connectivity index (χ1) is 11.8. The van der Waals surface area contributed by atoms with E-state index in [1.807, 2.05) is 24.0 Å². The minimum atomic E-state index is 0.641. The molecule has 0 saturated heterocycles. The Labute approximate surface area is 150 Å². The molecule has 0 aliphatic rings. The van der Waals surface area contributed by atoms with E-state index in [2.05, 4.69) is 11.9 Å². The fourth-order valence-corrected chi connectivity index (χ4v) is 3.10. The lowest BCUT2D eigenvalue weighted by Crippen LogP contribution is -2.02. The topological polar surface area (TPSA) is 27.1 Å². The Balaban J connectivity index is 1.71. The number of imidazole rings is 1. The zero-order valence-corrected chi connectivity index (χ0v) is 16.3. The molecule has 0 aliphatic heterocycles. The van der Waals surface area contributed by atoms with E-state index in [4.69, 9.17) is 4.74 Å². The molecule has 1 rings (SSSR count). The summed E-state index contributed by atoms with van der Waals surface area (Å²) in [6, 6.07) is 0. The second kappa shape index (κ2) is 15.7. The third-order valence-electron chi connectivity index (χ3n) is 4.79. The molecule has 1 aromatic rings. The van der Waals surface area contributed by atoms with Gasteiger partial charge in [-0.15, -0.1) is 0 Å². The molecule has 0 atom stereocenters. The molecule has 0 radical (unpaired) electrons. The van der Waals surface area contributed by atoms with Crippen molar-refractivity contribution in [2.75, 3.05) is 6.61 Å². The van der Waals surface area contributed by atoms with Gasteiger partial charge in [0.25, 0.3) is 0 Å². The van der Waals surface area contributed by atoms with Gasteiger partial charge in [0.1, 0.15) is 12.4 Å². The third kappa shape index (κ3) is 11.7. The van der Waals surface area contributed by atoms with Crippen molar-refractivity contribution in [3.63, 3.8) is 0 Å². The van der Waals surface area contributed by atoms with Crippen molar-refractivity contribution in [2.45, 2.75) is 103 Å². The van der Waals surface area contributed by atoms with Crippen molar-refractivity contribution in [1.29, 1.82) is 0 Å². The highest BCUT2D eigenvalue weighted by atomic mass is 16.5. The Bertz CT molecular complexity index is 376. The van der Waals surface area contributed by atoms with E-state index in [0.29, 0.717) is 6.61 Å². The quantitative estimate of drug-likeness (QED) is 0.307. The van der Waals surface area contributed by atoms with Crippen molar-refractivity contribution in [3.05, 3.63) is 18.2 Å². The summed E-state index contributed by atoms with van der Waals surface area (Å²) in [5.74, 6) is 1.01. The predicted octanol–water partition coefficient (Wildman–Crippen LogP) is 6.42. The second-order valence-electron chi connectivity index (χ2n) is 7.10. The normalized spacial score (nSPS) is 11.2.